The first-order chi connectivity index (χ1) is 9.39. The molecular formula is C13H23N5O2. The monoisotopic (exact) mass is 281 g/mol. The normalized spacial score (nSPS) is 19.4. The molecule has 1 aromatic heterocycles. The quantitative estimate of drug-likeness (QED) is 0.897. The van der Waals surface area contributed by atoms with E-state index in [1.807, 2.05) is 27.0 Å². The summed E-state index contributed by atoms with van der Waals surface area (Å²) in [6, 6.07) is 0.108. The van der Waals surface area contributed by atoms with E-state index in [1.165, 1.54) is 0 Å². The van der Waals surface area contributed by atoms with Crippen LogP contribution in [-0.2, 0) is 17.8 Å². The van der Waals surface area contributed by atoms with Gasteiger partial charge in [-0.2, -0.15) is 0 Å². The molecule has 7 nitrogen and oxygen atoms in total. The van der Waals surface area contributed by atoms with Crippen LogP contribution in [0, 0.1) is 0 Å². The molecule has 0 radical (unpaired) electrons. The summed E-state index contributed by atoms with van der Waals surface area (Å²) in [6.45, 7) is 7.37. The number of aromatic nitrogens is 3. The molecule has 1 amide bonds. The summed E-state index contributed by atoms with van der Waals surface area (Å²) in [7, 11) is 0. The van der Waals surface area contributed by atoms with Gasteiger partial charge in [-0.3, -0.25) is 4.68 Å². The molecule has 0 spiro atoms. The summed E-state index contributed by atoms with van der Waals surface area (Å²) in [6.07, 6.45) is 3.52. The first-order valence-electron chi connectivity index (χ1n) is 6.98. The largest absolute Gasteiger partial charge is 0.444 e. The molecule has 7 heteroatoms. The zero-order chi connectivity index (χ0) is 14.8. The predicted octanol–water partition coefficient (Wildman–Crippen LogP) is 1.14. The van der Waals surface area contributed by atoms with Crippen molar-refractivity contribution in [3.05, 3.63) is 11.9 Å². The van der Waals surface area contributed by atoms with Crippen molar-refractivity contribution >= 4 is 6.09 Å². The van der Waals surface area contributed by atoms with Gasteiger partial charge in [-0.1, -0.05) is 5.21 Å². The molecule has 2 N–H and O–H groups in total. The predicted molar refractivity (Wildman–Crippen MR) is 73.9 cm³/mol. The van der Waals surface area contributed by atoms with Crippen molar-refractivity contribution in [1.29, 1.82) is 0 Å². The van der Waals surface area contributed by atoms with Crippen LogP contribution in [0.2, 0.25) is 0 Å². The van der Waals surface area contributed by atoms with Gasteiger partial charge in [0.2, 0.25) is 0 Å². The number of carbonyl (C=O) groups is 1. The highest BCUT2D eigenvalue weighted by molar-refractivity contribution is 5.68. The fourth-order valence-electron chi connectivity index (χ4n) is 2.32. The number of carbonyl (C=O) groups excluding carboxylic acids is 1. The van der Waals surface area contributed by atoms with E-state index >= 15 is 0 Å². The highest BCUT2D eigenvalue weighted by Crippen LogP contribution is 2.21. The highest BCUT2D eigenvalue weighted by Gasteiger charge is 2.32. The molecule has 1 atom stereocenters. The maximum absolute atomic E-state index is 12.2. The van der Waals surface area contributed by atoms with Crippen LogP contribution in [-0.4, -0.2) is 44.2 Å². The van der Waals surface area contributed by atoms with Crippen molar-refractivity contribution in [2.24, 2.45) is 5.73 Å². The summed E-state index contributed by atoms with van der Waals surface area (Å²) in [5.74, 6) is 0. The molecule has 112 valence electrons. The van der Waals surface area contributed by atoms with E-state index in [-0.39, 0.29) is 12.1 Å². The van der Waals surface area contributed by atoms with E-state index in [0.29, 0.717) is 13.1 Å². The average Bonchev–Trinajstić information content (AvgIpc) is 2.96. The van der Waals surface area contributed by atoms with Gasteiger partial charge in [0.25, 0.3) is 0 Å². The van der Waals surface area contributed by atoms with Gasteiger partial charge in [0.1, 0.15) is 5.60 Å². The van der Waals surface area contributed by atoms with Gasteiger partial charge in [0.15, 0.2) is 0 Å². The molecule has 1 aromatic rings. The first kappa shape index (κ1) is 14.8. The van der Waals surface area contributed by atoms with Crippen LogP contribution in [0.4, 0.5) is 4.79 Å². The van der Waals surface area contributed by atoms with E-state index in [9.17, 15) is 4.79 Å². The smallest absolute Gasteiger partial charge is 0.410 e. The van der Waals surface area contributed by atoms with E-state index in [4.69, 9.17) is 10.5 Å². The lowest BCUT2D eigenvalue weighted by Gasteiger charge is -2.28. The topological polar surface area (TPSA) is 86.3 Å². The van der Waals surface area contributed by atoms with Gasteiger partial charge in [-0.05, 0) is 33.6 Å². The average molecular weight is 281 g/mol. The van der Waals surface area contributed by atoms with Crippen LogP contribution in [0.1, 0.15) is 39.3 Å². The Kier molecular flexibility index (Phi) is 4.27. The minimum absolute atomic E-state index is 0.108. The summed E-state index contributed by atoms with van der Waals surface area (Å²) in [4.78, 5) is 13.9. The number of likely N-dealkylation sites (tertiary alicyclic amines) is 1. The van der Waals surface area contributed by atoms with Crippen molar-refractivity contribution < 1.29 is 9.53 Å². The number of amides is 1. The van der Waals surface area contributed by atoms with Crippen molar-refractivity contribution in [1.82, 2.24) is 19.9 Å². The first-order valence-corrected chi connectivity index (χ1v) is 6.98. The lowest BCUT2D eigenvalue weighted by molar-refractivity contribution is 0.0211. The summed E-state index contributed by atoms with van der Waals surface area (Å²) < 4.78 is 7.18. The lowest BCUT2D eigenvalue weighted by atomic mass is 10.2. The van der Waals surface area contributed by atoms with Crippen molar-refractivity contribution in [3.63, 3.8) is 0 Å². The van der Waals surface area contributed by atoms with Crippen molar-refractivity contribution in [3.8, 4) is 0 Å². The molecule has 1 aliphatic rings. The summed E-state index contributed by atoms with van der Waals surface area (Å²) in [5.41, 5.74) is 5.80. The zero-order valence-electron chi connectivity index (χ0n) is 12.4. The molecule has 2 rings (SSSR count). The SMILES string of the molecule is CC(C)(C)OC(=O)N1CCCC1Cn1cc(CN)nn1. The Hall–Kier alpha value is -1.63. The van der Waals surface area contributed by atoms with E-state index < -0.39 is 5.60 Å². The lowest BCUT2D eigenvalue weighted by Crippen LogP contribution is -2.41. The molecule has 1 aliphatic heterocycles. The second-order valence-electron chi connectivity index (χ2n) is 6.11. The Morgan fingerprint density at radius 3 is 2.90 bits per heavy atom. The molecule has 1 fully saturated rings. The van der Waals surface area contributed by atoms with Crippen LogP contribution in [0.25, 0.3) is 0 Å². The van der Waals surface area contributed by atoms with Crippen LogP contribution >= 0.6 is 0 Å². The van der Waals surface area contributed by atoms with E-state index in [2.05, 4.69) is 10.3 Å². The number of ether oxygens (including phenoxy) is 1. The van der Waals surface area contributed by atoms with Crippen molar-refractivity contribution in [2.75, 3.05) is 6.54 Å². The maximum atomic E-state index is 12.2. The third-order valence-electron chi connectivity index (χ3n) is 3.20. The molecule has 1 saturated heterocycles. The molecule has 1 unspecified atom stereocenters. The Morgan fingerprint density at radius 1 is 1.55 bits per heavy atom. The fourth-order valence-corrected chi connectivity index (χ4v) is 2.32. The van der Waals surface area contributed by atoms with E-state index in [1.54, 1.807) is 9.58 Å². The van der Waals surface area contributed by atoms with E-state index in [0.717, 1.165) is 25.1 Å². The minimum atomic E-state index is -0.468. The number of hydrogen-bond donors (Lipinski definition) is 1. The third-order valence-corrected chi connectivity index (χ3v) is 3.20. The fraction of sp³-hybridized carbons (Fsp3) is 0.769. The number of nitrogens with two attached hydrogens (primary N) is 1. The summed E-state index contributed by atoms with van der Waals surface area (Å²) >= 11 is 0. The Morgan fingerprint density at radius 2 is 2.30 bits per heavy atom. The zero-order valence-corrected chi connectivity index (χ0v) is 12.4. The molecule has 0 bridgehead atoms. The molecule has 0 aromatic carbocycles. The van der Waals surface area contributed by atoms with Crippen LogP contribution < -0.4 is 5.73 Å². The van der Waals surface area contributed by atoms with Gasteiger partial charge in [-0.25, -0.2) is 4.79 Å². The Labute approximate surface area is 119 Å². The standard InChI is InChI=1S/C13H23N5O2/c1-13(2,3)20-12(19)18-6-4-5-11(18)9-17-8-10(7-14)15-16-17/h8,11H,4-7,9,14H2,1-3H3. The van der Waals surface area contributed by atoms with Gasteiger partial charge in [0, 0.05) is 19.3 Å². The molecule has 0 saturated carbocycles. The molecule has 0 aliphatic carbocycles. The molecule has 2 heterocycles. The maximum Gasteiger partial charge on any atom is 0.410 e. The van der Waals surface area contributed by atoms with Crippen LogP contribution in [0.15, 0.2) is 6.20 Å². The number of rotatable bonds is 3. The summed E-state index contributed by atoms with van der Waals surface area (Å²) in [5, 5.41) is 7.99. The molecular weight excluding hydrogens is 258 g/mol. The molecule has 20 heavy (non-hydrogen) atoms. The Bertz CT molecular complexity index is 466. The Balaban J connectivity index is 1.98. The van der Waals surface area contributed by atoms with Gasteiger partial charge in [0.05, 0.1) is 18.3 Å². The van der Waals surface area contributed by atoms with Crippen LogP contribution in [0.5, 0.6) is 0 Å². The highest BCUT2D eigenvalue weighted by atomic mass is 16.6. The van der Waals surface area contributed by atoms with Gasteiger partial charge < -0.3 is 15.4 Å². The number of hydrogen-bond acceptors (Lipinski definition) is 5. The van der Waals surface area contributed by atoms with Crippen molar-refractivity contribution in [2.45, 2.75) is 58.3 Å². The number of nitrogens with zero attached hydrogens (tertiary/aromatic N) is 4. The van der Waals surface area contributed by atoms with Crippen LogP contribution in [0.3, 0.4) is 0 Å². The van der Waals surface area contributed by atoms with Gasteiger partial charge in [-0.15, -0.1) is 5.10 Å². The second kappa shape index (κ2) is 5.78. The second-order valence-corrected chi connectivity index (χ2v) is 6.11. The third kappa shape index (κ3) is 3.69. The minimum Gasteiger partial charge on any atom is -0.444 e. The van der Waals surface area contributed by atoms with Gasteiger partial charge >= 0.3 is 6.09 Å².